The van der Waals surface area contributed by atoms with Crippen LogP contribution in [0.2, 0.25) is 0 Å². The molecule has 3 rings (SSSR count). The fourth-order valence-corrected chi connectivity index (χ4v) is 2.65. The fourth-order valence-electron chi connectivity index (χ4n) is 2.65. The normalized spacial score (nSPS) is 11.0. The van der Waals surface area contributed by atoms with Gasteiger partial charge in [0.25, 0.3) is 0 Å². The van der Waals surface area contributed by atoms with E-state index in [1.165, 1.54) is 25.1 Å². The van der Waals surface area contributed by atoms with Crippen LogP contribution in [0.3, 0.4) is 0 Å². The topological polar surface area (TPSA) is 93.6 Å². The SMILES string of the molecule is Cc1c(Cc2cccc([N+](=O)[O-])c2F)c(=O)oc2c(F)c(O)ccc12. The molecule has 6 nitrogen and oxygen atoms in total. The van der Waals surface area contributed by atoms with Crippen LogP contribution in [0.5, 0.6) is 5.75 Å². The molecule has 0 saturated carbocycles. The van der Waals surface area contributed by atoms with Gasteiger partial charge in [-0.3, -0.25) is 10.1 Å². The lowest BCUT2D eigenvalue weighted by Crippen LogP contribution is -2.12. The lowest BCUT2D eigenvalue weighted by molar-refractivity contribution is -0.387. The van der Waals surface area contributed by atoms with Crippen LogP contribution in [0.1, 0.15) is 16.7 Å². The highest BCUT2D eigenvalue weighted by Crippen LogP contribution is 2.29. The molecule has 0 fully saturated rings. The Morgan fingerprint density at radius 2 is 1.92 bits per heavy atom. The third kappa shape index (κ3) is 2.71. The van der Waals surface area contributed by atoms with Crippen molar-refractivity contribution < 1.29 is 23.2 Å². The maximum Gasteiger partial charge on any atom is 0.340 e. The molecule has 128 valence electrons. The number of phenolic OH excluding ortho intramolecular Hbond substituents is 1. The minimum absolute atomic E-state index is 0.0526. The zero-order valence-corrected chi connectivity index (χ0v) is 12.9. The zero-order chi connectivity index (χ0) is 18.3. The van der Waals surface area contributed by atoms with Crippen LogP contribution < -0.4 is 5.63 Å². The Labute approximate surface area is 139 Å². The number of halogens is 2. The highest BCUT2D eigenvalue weighted by atomic mass is 19.1. The van der Waals surface area contributed by atoms with Crippen LogP contribution in [0, 0.1) is 28.7 Å². The van der Waals surface area contributed by atoms with Gasteiger partial charge in [0.05, 0.1) is 4.92 Å². The molecule has 0 spiro atoms. The number of nitrogens with zero attached hydrogens (tertiary/aromatic N) is 1. The summed E-state index contributed by atoms with van der Waals surface area (Å²) in [5.41, 5.74) is -1.65. The number of rotatable bonds is 3. The van der Waals surface area contributed by atoms with Crippen molar-refractivity contribution in [2.45, 2.75) is 13.3 Å². The van der Waals surface area contributed by atoms with E-state index in [0.29, 0.717) is 5.56 Å². The Balaban J connectivity index is 2.18. The first kappa shape index (κ1) is 16.6. The Bertz CT molecular complexity index is 1070. The number of nitro benzene ring substituents is 1. The molecule has 1 heterocycles. The van der Waals surface area contributed by atoms with E-state index in [4.69, 9.17) is 4.42 Å². The minimum atomic E-state index is -1.06. The van der Waals surface area contributed by atoms with Crippen LogP contribution in [-0.2, 0) is 6.42 Å². The summed E-state index contributed by atoms with van der Waals surface area (Å²) < 4.78 is 33.1. The van der Waals surface area contributed by atoms with Crippen molar-refractivity contribution in [2.75, 3.05) is 0 Å². The van der Waals surface area contributed by atoms with Crippen molar-refractivity contribution in [3.8, 4) is 5.75 Å². The van der Waals surface area contributed by atoms with Gasteiger partial charge in [0, 0.05) is 23.4 Å². The number of phenols is 1. The molecule has 0 unspecified atom stereocenters. The second-order valence-electron chi connectivity index (χ2n) is 5.45. The molecule has 0 amide bonds. The third-order valence-corrected chi connectivity index (χ3v) is 4.00. The van der Waals surface area contributed by atoms with E-state index in [1.807, 2.05) is 0 Å². The van der Waals surface area contributed by atoms with Gasteiger partial charge in [-0.25, -0.2) is 4.79 Å². The summed E-state index contributed by atoms with van der Waals surface area (Å²) in [5.74, 6) is -2.76. The molecule has 0 bridgehead atoms. The lowest BCUT2D eigenvalue weighted by Gasteiger charge is -2.09. The quantitative estimate of drug-likeness (QED) is 0.444. The van der Waals surface area contributed by atoms with Crippen molar-refractivity contribution in [3.05, 3.63) is 79.2 Å². The van der Waals surface area contributed by atoms with Gasteiger partial charge >= 0.3 is 11.3 Å². The molecule has 0 saturated heterocycles. The van der Waals surface area contributed by atoms with Gasteiger partial charge < -0.3 is 9.52 Å². The zero-order valence-electron chi connectivity index (χ0n) is 12.9. The lowest BCUT2D eigenvalue weighted by atomic mass is 9.99. The molecular formula is C17H11F2NO5. The van der Waals surface area contributed by atoms with Crippen molar-refractivity contribution in [1.82, 2.24) is 0 Å². The monoisotopic (exact) mass is 347 g/mol. The summed E-state index contributed by atoms with van der Waals surface area (Å²) in [6.07, 6.45) is -0.250. The van der Waals surface area contributed by atoms with Crippen LogP contribution >= 0.6 is 0 Å². The smallest absolute Gasteiger partial charge is 0.340 e. The van der Waals surface area contributed by atoms with E-state index < -0.39 is 39.2 Å². The van der Waals surface area contributed by atoms with Gasteiger partial charge in [0.2, 0.25) is 11.6 Å². The summed E-state index contributed by atoms with van der Waals surface area (Å²) in [6.45, 7) is 1.53. The summed E-state index contributed by atoms with van der Waals surface area (Å²) in [5, 5.41) is 20.4. The molecule has 8 heteroatoms. The Hall–Kier alpha value is -3.29. The van der Waals surface area contributed by atoms with Crippen LogP contribution in [0.4, 0.5) is 14.5 Å². The van der Waals surface area contributed by atoms with Gasteiger partial charge in [-0.15, -0.1) is 0 Å². The molecular weight excluding hydrogens is 336 g/mol. The van der Waals surface area contributed by atoms with E-state index in [1.54, 1.807) is 0 Å². The molecule has 0 aliphatic heterocycles. The number of hydrogen-bond acceptors (Lipinski definition) is 5. The standard InChI is InChI=1S/C17H11F2NO5/c1-8-10-5-6-13(21)15(19)16(10)25-17(22)11(8)7-9-3-2-4-12(14(9)18)20(23)24/h2-6,21H,7H2,1H3. The van der Waals surface area contributed by atoms with Crippen molar-refractivity contribution in [1.29, 1.82) is 0 Å². The van der Waals surface area contributed by atoms with Gasteiger partial charge in [0.15, 0.2) is 11.3 Å². The van der Waals surface area contributed by atoms with E-state index in [-0.39, 0.29) is 22.9 Å². The predicted octanol–water partition coefficient (Wildman–Crippen LogP) is 3.58. The predicted molar refractivity (Wildman–Crippen MR) is 84.7 cm³/mol. The van der Waals surface area contributed by atoms with E-state index in [2.05, 4.69) is 0 Å². The number of aromatic hydroxyl groups is 1. The molecule has 0 radical (unpaired) electrons. The highest BCUT2D eigenvalue weighted by Gasteiger charge is 2.21. The van der Waals surface area contributed by atoms with Gasteiger partial charge in [-0.1, -0.05) is 12.1 Å². The first-order valence-electron chi connectivity index (χ1n) is 7.16. The molecule has 3 aromatic rings. The number of fused-ring (bicyclic) bond motifs is 1. The van der Waals surface area contributed by atoms with Crippen LogP contribution in [-0.4, -0.2) is 10.0 Å². The molecule has 0 atom stereocenters. The molecule has 1 aromatic heterocycles. The second-order valence-corrected chi connectivity index (χ2v) is 5.45. The first-order valence-corrected chi connectivity index (χ1v) is 7.16. The Morgan fingerprint density at radius 3 is 2.60 bits per heavy atom. The summed E-state index contributed by atoms with van der Waals surface area (Å²) in [7, 11) is 0. The Kier molecular flexibility index (Phi) is 3.96. The summed E-state index contributed by atoms with van der Waals surface area (Å²) in [4.78, 5) is 22.2. The summed E-state index contributed by atoms with van der Waals surface area (Å²) >= 11 is 0. The number of benzene rings is 2. The fraction of sp³-hybridized carbons (Fsp3) is 0.118. The largest absolute Gasteiger partial charge is 0.505 e. The maximum absolute atomic E-state index is 14.2. The van der Waals surface area contributed by atoms with E-state index in [0.717, 1.165) is 12.1 Å². The maximum atomic E-state index is 14.2. The van der Waals surface area contributed by atoms with Crippen molar-refractivity contribution in [3.63, 3.8) is 0 Å². The highest BCUT2D eigenvalue weighted by molar-refractivity contribution is 5.83. The summed E-state index contributed by atoms with van der Waals surface area (Å²) in [6, 6.07) is 6.14. The third-order valence-electron chi connectivity index (χ3n) is 4.00. The first-order chi connectivity index (χ1) is 11.8. The molecule has 2 aromatic carbocycles. The van der Waals surface area contributed by atoms with Crippen LogP contribution in [0.25, 0.3) is 11.0 Å². The second kappa shape index (κ2) is 5.97. The van der Waals surface area contributed by atoms with Gasteiger partial charge in [-0.2, -0.15) is 8.78 Å². The molecule has 0 aliphatic rings. The van der Waals surface area contributed by atoms with Gasteiger partial charge in [0.1, 0.15) is 0 Å². The Morgan fingerprint density at radius 1 is 1.20 bits per heavy atom. The van der Waals surface area contributed by atoms with Crippen molar-refractivity contribution in [2.24, 2.45) is 0 Å². The average Bonchev–Trinajstić information content (AvgIpc) is 2.56. The number of aryl methyl sites for hydroxylation is 1. The molecule has 25 heavy (non-hydrogen) atoms. The molecule has 1 N–H and O–H groups in total. The number of hydrogen-bond donors (Lipinski definition) is 1. The number of nitro groups is 1. The van der Waals surface area contributed by atoms with Crippen molar-refractivity contribution >= 4 is 16.7 Å². The van der Waals surface area contributed by atoms with Crippen LogP contribution in [0.15, 0.2) is 39.5 Å². The van der Waals surface area contributed by atoms with E-state index >= 15 is 0 Å². The molecule has 0 aliphatic carbocycles. The van der Waals surface area contributed by atoms with E-state index in [9.17, 15) is 28.8 Å². The average molecular weight is 347 g/mol. The minimum Gasteiger partial charge on any atom is -0.505 e. The van der Waals surface area contributed by atoms with Gasteiger partial charge in [-0.05, 0) is 30.2 Å².